The average molecular weight is 505 g/mol. The van der Waals surface area contributed by atoms with Crippen LogP contribution in [0.1, 0.15) is 61.0 Å². The van der Waals surface area contributed by atoms with E-state index in [2.05, 4.69) is 17.5 Å². The number of hydrogen-bond donors (Lipinski definition) is 1. The van der Waals surface area contributed by atoms with E-state index in [1.807, 2.05) is 55.5 Å². The van der Waals surface area contributed by atoms with Gasteiger partial charge in [0.1, 0.15) is 6.61 Å². The molecule has 7 nitrogen and oxygen atoms in total. The van der Waals surface area contributed by atoms with Crippen LogP contribution in [-0.4, -0.2) is 32.4 Å². The Kier molecular flexibility index (Phi) is 11.3. The topological polar surface area (TPSA) is 78.4 Å². The summed E-state index contributed by atoms with van der Waals surface area (Å²) in [6, 6.07) is 20.5. The second-order valence-electron chi connectivity index (χ2n) is 8.39. The maximum atomic E-state index is 12.6. The molecule has 0 bridgehead atoms. The first-order chi connectivity index (χ1) is 18.1. The van der Waals surface area contributed by atoms with Crippen molar-refractivity contribution in [3.05, 3.63) is 83.4 Å². The van der Waals surface area contributed by atoms with E-state index in [1.165, 1.54) is 12.8 Å². The zero-order chi connectivity index (χ0) is 26.3. The molecule has 0 aliphatic heterocycles. The summed E-state index contributed by atoms with van der Waals surface area (Å²) >= 11 is 0. The van der Waals surface area contributed by atoms with E-state index in [1.54, 1.807) is 31.5 Å². The first-order valence-corrected chi connectivity index (χ1v) is 12.7. The molecule has 0 saturated carbocycles. The van der Waals surface area contributed by atoms with Gasteiger partial charge < -0.3 is 18.9 Å². The number of hydrogen-bond acceptors (Lipinski definition) is 6. The fourth-order valence-corrected chi connectivity index (χ4v) is 3.60. The Morgan fingerprint density at radius 1 is 0.838 bits per heavy atom. The zero-order valence-electron chi connectivity index (χ0n) is 21.9. The summed E-state index contributed by atoms with van der Waals surface area (Å²) in [5.74, 6) is 2.04. The molecule has 0 heterocycles. The van der Waals surface area contributed by atoms with Crippen molar-refractivity contribution in [1.29, 1.82) is 0 Å². The normalized spacial score (nSPS) is 10.8. The van der Waals surface area contributed by atoms with Crippen LogP contribution in [0.5, 0.6) is 23.0 Å². The number of ether oxygens (including phenoxy) is 4. The predicted octanol–water partition coefficient (Wildman–Crippen LogP) is 6.40. The van der Waals surface area contributed by atoms with E-state index in [-0.39, 0.29) is 5.91 Å². The van der Waals surface area contributed by atoms with Gasteiger partial charge in [0.15, 0.2) is 23.0 Å². The van der Waals surface area contributed by atoms with Crippen LogP contribution < -0.4 is 24.4 Å². The average Bonchev–Trinajstić information content (AvgIpc) is 2.93. The number of methoxy groups -OCH3 is 1. The van der Waals surface area contributed by atoms with Crippen LogP contribution in [0.25, 0.3) is 0 Å². The van der Waals surface area contributed by atoms with Gasteiger partial charge in [-0.1, -0.05) is 56.5 Å². The summed E-state index contributed by atoms with van der Waals surface area (Å²) in [4.78, 5) is 12.6. The predicted molar refractivity (Wildman–Crippen MR) is 146 cm³/mol. The molecule has 7 heteroatoms. The first-order valence-electron chi connectivity index (χ1n) is 12.7. The Bertz CT molecular complexity index is 1150. The van der Waals surface area contributed by atoms with Gasteiger partial charge in [0.05, 0.1) is 26.5 Å². The van der Waals surface area contributed by atoms with E-state index in [0.717, 1.165) is 24.0 Å². The zero-order valence-corrected chi connectivity index (χ0v) is 21.9. The molecule has 0 fully saturated rings. The maximum absolute atomic E-state index is 12.6. The van der Waals surface area contributed by atoms with Gasteiger partial charge in [0, 0.05) is 5.56 Å². The number of nitrogens with one attached hydrogen (secondary N) is 1. The molecule has 0 saturated heterocycles. The summed E-state index contributed by atoms with van der Waals surface area (Å²) in [6.07, 6.45) is 6.14. The lowest BCUT2D eigenvalue weighted by Gasteiger charge is -2.12. The molecule has 0 aliphatic carbocycles. The molecule has 0 aliphatic rings. The number of nitrogens with zero attached hydrogens (tertiary/aromatic N) is 1. The van der Waals surface area contributed by atoms with Crippen LogP contribution >= 0.6 is 0 Å². The quantitative estimate of drug-likeness (QED) is 0.147. The third-order valence-electron chi connectivity index (χ3n) is 5.57. The fourth-order valence-electron chi connectivity index (χ4n) is 3.60. The maximum Gasteiger partial charge on any atom is 0.271 e. The number of hydrazone groups is 1. The second-order valence-corrected chi connectivity index (χ2v) is 8.39. The number of benzene rings is 3. The van der Waals surface area contributed by atoms with Crippen LogP contribution in [-0.2, 0) is 6.61 Å². The van der Waals surface area contributed by atoms with Crippen molar-refractivity contribution in [3.8, 4) is 23.0 Å². The molecule has 0 atom stereocenters. The Hall–Kier alpha value is -4.00. The summed E-state index contributed by atoms with van der Waals surface area (Å²) in [5.41, 5.74) is 4.79. The fraction of sp³-hybridized carbons (Fsp3) is 0.333. The molecular formula is C30H36N2O5. The largest absolute Gasteiger partial charge is 0.493 e. The van der Waals surface area contributed by atoms with E-state index >= 15 is 0 Å². The van der Waals surface area contributed by atoms with Gasteiger partial charge in [-0.05, 0) is 60.9 Å². The smallest absolute Gasteiger partial charge is 0.271 e. The molecule has 1 amide bonds. The van der Waals surface area contributed by atoms with Crippen LogP contribution in [0.3, 0.4) is 0 Å². The van der Waals surface area contributed by atoms with Crippen molar-refractivity contribution in [3.63, 3.8) is 0 Å². The van der Waals surface area contributed by atoms with E-state index in [4.69, 9.17) is 18.9 Å². The van der Waals surface area contributed by atoms with Crippen molar-refractivity contribution in [2.45, 2.75) is 46.1 Å². The minimum Gasteiger partial charge on any atom is -0.493 e. The minimum absolute atomic E-state index is 0.360. The van der Waals surface area contributed by atoms with Crippen LogP contribution in [0.15, 0.2) is 71.8 Å². The highest BCUT2D eigenvalue weighted by Crippen LogP contribution is 2.29. The minimum atomic E-state index is -0.360. The number of carbonyl (C=O) groups is 1. The van der Waals surface area contributed by atoms with Gasteiger partial charge in [-0.15, -0.1) is 0 Å². The highest BCUT2D eigenvalue weighted by atomic mass is 16.5. The molecule has 0 aromatic heterocycles. The van der Waals surface area contributed by atoms with Gasteiger partial charge in [-0.3, -0.25) is 4.79 Å². The molecule has 37 heavy (non-hydrogen) atoms. The highest BCUT2D eigenvalue weighted by molar-refractivity contribution is 5.95. The van der Waals surface area contributed by atoms with Gasteiger partial charge >= 0.3 is 0 Å². The number of amides is 1. The highest BCUT2D eigenvalue weighted by Gasteiger charge is 2.11. The Morgan fingerprint density at radius 2 is 1.62 bits per heavy atom. The Morgan fingerprint density at radius 3 is 2.38 bits per heavy atom. The van der Waals surface area contributed by atoms with E-state index < -0.39 is 0 Å². The van der Waals surface area contributed by atoms with Crippen molar-refractivity contribution < 1.29 is 23.7 Å². The van der Waals surface area contributed by atoms with Crippen LogP contribution in [0.4, 0.5) is 0 Å². The number of rotatable bonds is 15. The molecule has 3 rings (SSSR count). The van der Waals surface area contributed by atoms with Gasteiger partial charge in [-0.2, -0.15) is 5.10 Å². The van der Waals surface area contributed by atoms with Crippen LogP contribution in [0.2, 0.25) is 0 Å². The number of unbranched alkanes of at least 4 members (excludes halogenated alkanes) is 3. The molecule has 196 valence electrons. The monoisotopic (exact) mass is 504 g/mol. The van der Waals surface area contributed by atoms with Crippen molar-refractivity contribution in [2.24, 2.45) is 5.10 Å². The van der Waals surface area contributed by atoms with Crippen molar-refractivity contribution in [1.82, 2.24) is 5.43 Å². The lowest BCUT2D eigenvalue weighted by molar-refractivity contribution is 0.0954. The molecular weight excluding hydrogens is 468 g/mol. The second kappa shape index (κ2) is 15.2. The van der Waals surface area contributed by atoms with Crippen molar-refractivity contribution in [2.75, 3.05) is 20.3 Å². The van der Waals surface area contributed by atoms with E-state index in [0.29, 0.717) is 48.4 Å². The lowest BCUT2D eigenvalue weighted by Crippen LogP contribution is -2.17. The third-order valence-corrected chi connectivity index (χ3v) is 5.57. The molecule has 0 radical (unpaired) electrons. The summed E-state index contributed by atoms with van der Waals surface area (Å²) in [6.45, 7) is 5.70. The van der Waals surface area contributed by atoms with Gasteiger partial charge in [0.25, 0.3) is 5.91 Å². The molecule has 1 N–H and O–H groups in total. The lowest BCUT2D eigenvalue weighted by atomic mass is 10.2. The number of carbonyl (C=O) groups excluding carboxylic acids is 1. The Balaban J connectivity index is 1.58. The SMILES string of the molecule is CCCCCCOc1ccc(/C=N/NC(=O)c2ccc(OCc3ccccc3)c(OC)c2)cc1OCC. The summed E-state index contributed by atoms with van der Waals surface area (Å²) in [7, 11) is 1.54. The molecule has 3 aromatic carbocycles. The van der Waals surface area contributed by atoms with Gasteiger partial charge in [-0.25, -0.2) is 5.43 Å². The van der Waals surface area contributed by atoms with E-state index in [9.17, 15) is 4.79 Å². The Labute approximate surface area is 219 Å². The molecule has 0 unspecified atom stereocenters. The van der Waals surface area contributed by atoms with Crippen molar-refractivity contribution >= 4 is 12.1 Å². The third kappa shape index (κ3) is 8.86. The molecule has 3 aromatic rings. The first kappa shape index (κ1) is 27.6. The summed E-state index contributed by atoms with van der Waals surface area (Å²) < 4.78 is 22.9. The standard InChI is InChI=1S/C30H36N2O5/c1-4-6-7-11-18-36-27-16-14-24(19-29(27)35-5-2)21-31-32-30(33)25-15-17-26(28(20-25)34-3)37-22-23-12-9-8-10-13-23/h8-10,12-17,19-21H,4-7,11,18,22H2,1-3H3,(H,32,33)/b31-21+. The summed E-state index contributed by atoms with van der Waals surface area (Å²) in [5, 5.41) is 4.11. The molecule has 0 spiro atoms. The van der Waals surface area contributed by atoms with Crippen LogP contribution in [0, 0.1) is 0 Å². The van der Waals surface area contributed by atoms with Gasteiger partial charge in [0.2, 0.25) is 0 Å².